The predicted molar refractivity (Wildman–Crippen MR) is 135 cm³/mol. The van der Waals surface area contributed by atoms with E-state index in [1.165, 1.54) is 27.9 Å². The number of hydrogen-bond donors (Lipinski definition) is 0. The maximum absolute atomic E-state index is 2.43. The van der Waals surface area contributed by atoms with Gasteiger partial charge in [-0.2, -0.15) is 0 Å². The molecule has 0 amide bonds. The lowest BCUT2D eigenvalue weighted by Gasteiger charge is -2.34. The van der Waals surface area contributed by atoms with Gasteiger partial charge in [-0.25, -0.2) is 0 Å². The molecule has 0 bridgehead atoms. The zero-order valence-corrected chi connectivity index (χ0v) is 20.0. The molecule has 0 spiro atoms. The first-order valence-corrected chi connectivity index (χ1v) is 13.0. The Morgan fingerprint density at radius 1 is 0.407 bits per heavy atom. The van der Waals surface area contributed by atoms with Crippen LogP contribution in [0.1, 0.15) is 0 Å². The summed E-state index contributed by atoms with van der Waals surface area (Å²) in [5.41, 5.74) is 0. The highest BCUT2D eigenvalue weighted by atomic mass is 127. The molecule has 0 aliphatic heterocycles. The Balaban J connectivity index is 2.16. The molecule has 0 unspecified atom stereocenters. The van der Waals surface area contributed by atoms with Crippen LogP contribution in [-0.4, -0.2) is 8.07 Å². The first-order valence-electron chi connectivity index (χ1n) is 8.84. The van der Waals surface area contributed by atoms with Crippen LogP contribution in [0.5, 0.6) is 0 Å². The van der Waals surface area contributed by atoms with Gasteiger partial charge in [-0.05, 0) is 90.2 Å². The molecule has 0 heterocycles. The van der Waals surface area contributed by atoms with Crippen LogP contribution in [0.2, 0.25) is 0 Å². The van der Waals surface area contributed by atoms with E-state index >= 15 is 0 Å². The molecule has 4 rings (SSSR count). The highest BCUT2D eigenvalue weighted by Crippen LogP contribution is 2.13. The van der Waals surface area contributed by atoms with Crippen molar-refractivity contribution >= 4 is 74.0 Å². The lowest BCUT2D eigenvalue weighted by Crippen LogP contribution is -2.74. The Bertz CT molecular complexity index is 959. The lowest BCUT2D eigenvalue weighted by molar-refractivity contribution is 1.63. The summed E-state index contributed by atoms with van der Waals surface area (Å²) in [5, 5.41) is 5.68. The highest BCUT2D eigenvalue weighted by molar-refractivity contribution is 14.1. The quantitative estimate of drug-likeness (QED) is 0.190. The van der Waals surface area contributed by atoms with Crippen molar-refractivity contribution in [1.82, 2.24) is 0 Å². The van der Waals surface area contributed by atoms with Crippen LogP contribution in [0.15, 0.2) is 109 Å². The number of rotatable bonds is 4. The number of benzene rings is 4. The summed E-state index contributed by atoms with van der Waals surface area (Å²) in [5.74, 6) is 0. The number of halogens is 2. The summed E-state index contributed by atoms with van der Waals surface area (Å²) >= 11 is 4.86. The van der Waals surface area contributed by atoms with Gasteiger partial charge < -0.3 is 0 Å². The van der Waals surface area contributed by atoms with E-state index in [0.29, 0.717) is 0 Å². The van der Waals surface area contributed by atoms with Gasteiger partial charge in [0, 0.05) is 7.14 Å². The molecule has 0 saturated heterocycles. The van der Waals surface area contributed by atoms with Crippen molar-refractivity contribution in [3.63, 3.8) is 0 Å². The molecule has 0 fully saturated rings. The van der Waals surface area contributed by atoms with Gasteiger partial charge in [0.25, 0.3) is 0 Å². The fourth-order valence-electron chi connectivity index (χ4n) is 3.82. The van der Waals surface area contributed by atoms with Crippen LogP contribution in [0.3, 0.4) is 0 Å². The zero-order chi connectivity index (χ0) is 18.7. The molecule has 0 aliphatic rings. The molecule has 4 aromatic rings. The van der Waals surface area contributed by atoms with Gasteiger partial charge >= 0.3 is 0 Å². The van der Waals surface area contributed by atoms with E-state index in [4.69, 9.17) is 0 Å². The standard InChI is InChI=1S/C24H18I2Si/c25-19-9-7-15-23(17-19)27(21-11-3-1-4-12-21,22-13-5-2-6-14-22)24-16-8-10-20(26)18-24/h1-18H. The van der Waals surface area contributed by atoms with Gasteiger partial charge in [0.05, 0.1) is 0 Å². The molecule has 27 heavy (non-hydrogen) atoms. The molecule has 0 nitrogen and oxygen atoms in total. The van der Waals surface area contributed by atoms with E-state index < -0.39 is 8.07 Å². The average molecular weight is 588 g/mol. The minimum atomic E-state index is -2.37. The summed E-state index contributed by atoms with van der Waals surface area (Å²) < 4.78 is 2.55. The lowest BCUT2D eigenvalue weighted by atomic mass is 10.3. The van der Waals surface area contributed by atoms with E-state index in [2.05, 4.69) is 154 Å². The minimum Gasteiger partial charge on any atom is -0.0623 e. The summed E-state index contributed by atoms with van der Waals surface area (Å²) in [7, 11) is -2.37. The van der Waals surface area contributed by atoms with Crippen molar-refractivity contribution in [1.29, 1.82) is 0 Å². The van der Waals surface area contributed by atoms with Crippen molar-refractivity contribution in [3.05, 3.63) is 116 Å². The third-order valence-corrected chi connectivity index (χ3v) is 11.0. The van der Waals surface area contributed by atoms with Crippen molar-refractivity contribution < 1.29 is 0 Å². The van der Waals surface area contributed by atoms with Gasteiger partial charge in [-0.3, -0.25) is 0 Å². The second kappa shape index (κ2) is 8.28. The van der Waals surface area contributed by atoms with Gasteiger partial charge in [0.15, 0.2) is 8.07 Å². The molecule has 3 heteroatoms. The van der Waals surface area contributed by atoms with E-state index in [1.807, 2.05) is 0 Å². The Kier molecular flexibility index (Phi) is 5.80. The van der Waals surface area contributed by atoms with Crippen LogP contribution < -0.4 is 20.7 Å². The molecule has 4 aromatic carbocycles. The third kappa shape index (κ3) is 3.64. The van der Waals surface area contributed by atoms with Crippen molar-refractivity contribution in [2.75, 3.05) is 0 Å². The maximum atomic E-state index is 2.43. The summed E-state index contributed by atoms with van der Waals surface area (Å²) in [6, 6.07) is 40.2. The molecule has 0 atom stereocenters. The normalized spacial score (nSPS) is 11.3. The van der Waals surface area contributed by atoms with Crippen LogP contribution in [-0.2, 0) is 0 Å². The van der Waals surface area contributed by atoms with Crippen LogP contribution >= 0.6 is 45.2 Å². The van der Waals surface area contributed by atoms with Crippen LogP contribution in [0.25, 0.3) is 0 Å². The molecule has 0 aromatic heterocycles. The van der Waals surface area contributed by atoms with Gasteiger partial charge in [0.1, 0.15) is 0 Å². The van der Waals surface area contributed by atoms with Crippen molar-refractivity contribution in [2.24, 2.45) is 0 Å². The van der Waals surface area contributed by atoms with Crippen LogP contribution in [0.4, 0.5) is 0 Å². The van der Waals surface area contributed by atoms with Crippen molar-refractivity contribution in [3.8, 4) is 0 Å². The molecular formula is C24H18I2Si. The minimum absolute atomic E-state index is 1.28. The Morgan fingerprint density at radius 2 is 0.778 bits per heavy atom. The monoisotopic (exact) mass is 588 g/mol. The van der Waals surface area contributed by atoms with Gasteiger partial charge in [-0.1, -0.05) is 84.9 Å². The van der Waals surface area contributed by atoms with E-state index in [1.54, 1.807) is 0 Å². The van der Waals surface area contributed by atoms with Gasteiger partial charge in [0.2, 0.25) is 0 Å². The fraction of sp³-hybridized carbons (Fsp3) is 0. The van der Waals surface area contributed by atoms with Gasteiger partial charge in [-0.15, -0.1) is 0 Å². The molecule has 0 N–H and O–H groups in total. The summed E-state index contributed by atoms with van der Waals surface area (Å²) in [6.45, 7) is 0. The summed E-state index contributed by atoms with van der Waals surface area (Å²) in [4.78, 5) is 0. The molecule has 0 aliphatic carbocycles. The van der Waals surface area contributed by atoms with E-state index in [0.717, 1.165) is 0 Å². The fourth-order valence-corrected chi connectivity index (χ4v) is 10.3. The van der Waals surface area contributed by atoms with E-state index in [-0.39, 0.29) is 0 Å². The largest absolute Gasteiger partial charge is 0.179 e. The van der Waals surface area contributed by atoms with E-state index in [9.17, 15) is 0 Å². The first kappa shape index (κ1) is 18.9. The third-order valence-electron chi connectivity index (χ3n) is 4.93. The maximum Gasteiger partial charge on any atom is 0.179 e. The summed E-state index contributed by atoms with van der Waals surface area (Å²) in [6.07, 6.45) is 0. The topological polar surface area (TPSA) is 0 Å². The zero-order valence-electron chi connectivity index (χ0n) is 14.6. The molecule has 0 radical (unpaired) electrons. The Morgan fingerprint density at radius 3 is 1.15 bits per heavy atom. The van der Waals surface area contributed by atoms with Crippen LogP contribution in [0, 0.1) is 7.14 Å². The SMILES string of the molecule is Ic1cccc([Si](c2ccccc2)(c2ccccc2)c2cccc(I)c2)c1. The Hall–Kier alpha value is -1.44. The molecular weight excluding hydrogens is 570 g/mol. The second-order valence-corrected chi connectivity index (χ2v) is 12.8. The molecule has 132 valence electrons. The average Bonchev–Trinajstić information content (AvgIpc) is 2.71. The highest BCUT2D eigenvalue weighted by Gasteiger charge is 2.41. The second-order valence-electron chi connectivity index (χ2n) is 6.50. The number of hydrogen-bond acceptors (Lipinski definition) is 0. The first-order chi connectivity index (χ1) is 13.2. The Labute approximate surface area is 189 Å². The smallest absolute Gasteiger partial charge is 0.0623 e. The molecule has 0 saturated carbocycles. The van der Waals surface area contributed by atoms with Crippen molar-refractivity contribution in [2.45, 2.75) is 0 Å². The predicted octanol–water partition coefficient (Wildman–Crippen LogP) is 4.27.